The third-order valence-electron chi connectivity index (χ3n) is 5.89. The van der Waals surface area contributed by atoms with Gasteiger partial charge in [-0.25, -0.2) is 4.98 Å². The molecule has 3 rings (SSSR count). The second kappa shape index (κ2) is 9.40. The van der Waals surface area contributed by atoms with Crippen molar-refractivity contribution in [2.75, 3.05) is 5.75 Å². The fourth-order valence-corrected chi connectivity index (χ4v) is 4.70. The second-order valence-electron chi connectivity index (χ2n) is 8.33. The highest BCUT2D eigenvalue weighted by Crippen LogP contribution is 2.31. The van der Waals surface area contributed by atoms with E-state index in [0.717, 1.165) is 25.7 Å². The van der Waals surface area contributed by atoms with Crippen molar-refractivity contribution in [1.82, 2.24) is 14.9 Å². The SMILES string of the molecule is CC(C)C(C)(C#N)NC(=O)CSc1nc2cc(Cl)ccc2c(=O)n1C1CCCCC1. The molecule has 0 radical (unpaired) electrons. The quantitative estimate of drug-likeness (QED) is 0.513. The molecule has 30 heavy (non-hydrogen) atoms. The molecule has 1 atom stereocenters. The molecular formula is C22H27ClN4O2S. The summed E-state index contributed by atoms with van der Waals surface area (Å²) >= 11 is 7.34. The molecule has 0 bridgehead atoms. The Morgan fingerprint density at radius 1 is 1.40 bits per heavy atom. The molecule has 0 aliphatic heterocycles. The van der Waals surface area contributed by atoms with Gasteiger partial charge >= 0.3 is 0 Å². The fourth-order valence-electron chi connectivity index (χ4n) is 3.67. The largest absolute Gasteiger partial charge is 0.337 e. The summed E-state index contributed by atoms with van der Waals surface area (Å²) in [5.41, 5.74) is -0.493. The van der Waals surface area contributed by atoms with E-state index < -0.39 is 5.54 Å². The molecule has 1 aliphatic carbocycles. The predicted octanol–water partition coefficient (Wildman–Crippen LogP) is 4.70. The summed E-state index contributed by atoms with van der Waals surface area (Å²) in [6.07, 6.45) is 5.19. The van der Waals surface area contributed by atoms with E-state index in [2.05, 4.69) is 11.4 Å². The highest BCUT2D eigenvalue weighted by atomic mass is 35.5. The number of amides is 1. The molecule has 6 nitrogen and oxygen atoms in total. The molecule has 1 aromatic heterocycles. The molecule has 0 spiro atoms. The van der Waals surface area contributed by atoms with E-state index in [9.17, 15) is 14.9 Å². The Kier molecular flexibility index (Phi) is 7.10. The summed E-state index contributed by atoms with van der Waals surface area (Å²) < 4.78 is 1.76. The number of aromatic nitrogens is 2. The summed E-state index contributed by atoms with van der Waals surface area (Å²) in [7, 11) is 0. The lowest BCUT2D eigenvalue weighted by Crippen LogP contribution is -2.49. The highest BCUT2D eigenvalue weighted by Gasteiger charge is 2.30. The summed E-state index contributed by atoms with van der Waals surface area (Å²) in [5, 5.41) is 13.8. The standard InChI is InChI=1S/C22H27ClN4O2S/c1-14(2)22(3,13-24)26-19(28)12-30-21-25-18-11-15(23)9-10-17(18)20(29)27(21)16-7-5-4-6-8-16/h9-11,14,16H,4-8,12H2,1-3H3,(H,26,28). The van der Waals surface area contributed by atoms with Gasteiger partial charge in [-0.15, -0.1) is 0 Å². The first-order valence-corrected chi connectivity index (χ1v) is 11.7. The van der Waals surface area contributed by atoms with Crippen LogP contribution in [-0.2, 0) is 4.79 Å². The second-order valence-corrected chi connectivity index (χ2v) is 9.71. The van der Waals surface area contributed by atoms with Crippen molar-refractivity contribution in [3.8, 4) is 6.07 Å². The van der Waals surface area contributed by atoms with Gasteiger partial charge in [0.15, 0.2) is 5.16 Å². The summed E-state index contributed by atoms with van der Waals surface area (Å²) in [6, 6.07) is 7.37. The Hall–Kier alpha value is -2.04. The fraction of sp³-hybridized carbons (Fsp3) is 0.545. The van der Waals surface area contributed by atoms with Crippen LogP contribution in [0.4, 0.5) is 0 Å². The van der Waals surface area contributed by atoms with E-state index in [1.165, 1.54) is 18.2 Å². The van der Waals surface area contributed by atoms with Gasteiger partial charge in [0.2, 0.25) is 5.91 Å². The maximum absolute atomic E-state index is 13.3. The molecule has 1 fully saturated rings. The molecule has 8 heteroatoms. The minimum absolute atomic E-state index is 0.0298. The number of halogens is 1. The van der Waals surface area contributed by atoms with Gasteiger partial charge in [0.25, 0.3) is 5.56 Å². The minimum Gasteiger partial charge on any atom is -0.337 e. The van der Waals surface area contributed by atoms with Gasteiger partial charge in [0.05, 0.1) is 22.7 Å². The lowest BCUT2D eigenvalue weighted by molar-refractivity contribution is -0.120. The van der Waals surface area contributed by atoms with Gasteiger partial charge in [-0.2, -0.15) is 5.26 Å². The van der Waals surface area contributed by atoms with E-state index >= 15 is 0 Å². The first-order valence-electron chi connectivity index (χ1n) is 10.3. The molecular weight excluding hydrogens is 420 g/mol. The Morgan fingerprint density at radius 3 is 2.73 bits per heavy atom. The van der Waals surface area contributed by atoms with Gasteiger partial charge in [0.1, 0.15) is 5.54 Å². The smallest absolute Gasteiger partial charge is 0.262 e. The number of carbonyl (C=O) groups is 1. The number of hydrogen-bond donors (Lipinski definition) is 1. The van der Waals surface area contributed by atoms with Crippen LogP contribution in [0.3, 0.4) is 0 Å². The van der Waals surface area contributed by atoms with Crippen LogP contribution >= 0.6 is 23.4 Å². The average molecular weight is 447 g/mol. The van der Waals surface area contributed by atoms with Gasteiger partial charge in [-0.05, 0) is 43.9 Å². The van der Waals surface area contributed by atoms with Crippen molar-refractivity contribution in [3.63, 3.8) is 0 Å². The van der Waals surface area contributed by atoms with E-state index in [0.29, 0.717) is 21.1 Å². The van der Waals surface area contributed by atoms with Crippen LogP contribution in [0, 0.1) is 17.2 Å². The van der Waals surface area contributed by atoms with Crippen molar-refractivity contribution in [1.29, 1.82) is 5.26 Å². The van der Waals surface area contributed by atoms with E-state index in [4.69, 9.17) is 16.6 Å². The van der Waals surface area contributed by atoms with Crippen molar-refractivity contribution >= 4 is 40.2 Å². The predicted molar refractivity (Wildman–Crippen MR) is 121 cm³/mol. The van der Waals surface area contributed by atoms with Crippen molar-refractivity contribution in [3.05, 3.63) is 33.6 Å². The molecule has 160 valence electrons. The number of benzene rings is 1. The molecule has 1 unspecified atom stereocenters. The number of nitrogens with one attached hydrogen (secondary N) is 1. The maximum atomic E-state index is 13.3. The summed E-state index contributed by atoms with van der Waals surface area (Å²) in [4.78, 5) is 30.6. The molecule has 1 heterocycles. The number of carbonyl (C=O) groups excluding carboxylic acids is 1. The van der Waals surface area contributed by atoms with Gasteiger partial charge < -0.3 is 5.32 Å². The third kappa shape index (κ3) is 4.81. The minimum atomic E-state index is -0.939. The van der Waals surface area contributed by atoms with E-state index in [1.54, 1.807) is 29.7 Å². The monoisotopic (exact) mass is 446 g/mol. The zero-order valence-corrected chi connectivity index (χ0v) is 19.1. The number of nitriles is 1. The van der Waals surface area contributed by atoms with Crippen LogP contribution in [0.15, 0.2) is 28.2 Å². The number of rotatable bonds is 6. The maximum Gasteiger partial charge on any atom is 0.262 e. The van der Waals surface area contributed by atoms with Gasteiger partial charge in [-0.1, -0.05) is 56.5 Å². The summed E-state index contributed by atoms with van der Waals surface area (Å²) in [5.74, 6) is -0.207. The van der Waals surface area contributed by atoms with E-state index in [1.807, 2.05) is 13.8 Å². The molecule has 1 amide bonds. The lowest BCUT2D eigenvalue weighted by atomic mass is 9.90. The lowest BCUT2D eigenvalue weighted by Gasteiger charge is -2.28. The molecule has 1 saturated carbocycles. The zero-order chi connectivity index (χ0) is 21.9. The first-order chi connectivity index (χ1) is 14.2. The van der Waals surface area contributed by atoms with Crippen LogP contribution in [0.25, 0.3) is 10.9 Å². The zero-order valence-electron chi connectivity index (χ0n) is 17.6. The number of fused-ring (bicyclic) bond motifs is 1. The highest BCUT2D eigenvalue weighted by molar-refractivity contribution is 7.99. The van der Waals surface area contributed by atoms with Crippen molar-refractivity contribution < 1.29 is 4.79 Å². The van der Waals surface area contributed by atoms with Gasteiger partial charge in [0, 0.05) is 11.1 Å². The number of nitrogens with zero attached hydrogens (tertiary/aromatic N) is 3. The molecule has 1 aliphatic rings. The number of hydrogen-bond acceptors (Lipinski definition) is 5. The Balaban J connectivity index is 1.92. The molecule has 0 saturated heterocycles. The van der Waals surface area contributed by atoms with Crippen LogP contribution in [0.1, 0.15) is 58.9 Å². The topological polar surface area (TPSA) is 87.8 Å². The third-order valence-corrected chi connectivity index (χ3v) is 7.08. The van der Waals surface area contributed by atoms with Crippen LogP contribution in [0.2, 0.25) is 5.02 Å². The average Bonchev–Trinajstić information content (AvgIpc) is 2.72. The van der Waals surface area contributed by atoms with Crippen molar-refractivity contribution in [2.24, 2.45) is 5.92 Å². The molecule has 1 N–H and O–H groups in total. The molecule has 2 aromatic rings. The number of thioether (sulfide) groups is 1. The Labute approximate surface area is 186 Å². The van der Waals surface area contributed by atoms with E-state index in [-0.39, 0.29) is 29.2 Å². The first kappa shape index (κ1) is 22.6. The molecule has 1 aromatic carbocycles. The summed E-state index contributed by atoms with van der Waals surface area (Å²) in [6.45, 7) is 5.51. The van der Waals surface area contributed by atoms with Crippen LogP contribution in [-0.4, -0.2) is 26.8 Å². The van der Waals surface area contributed by atoms with Crippen molar-refractivity contribution in [2.45, 2.75) is 69.6 Å². The normalized spacial score (nSPS) is 16.9. The van der Waals surface area contributed by atoms with Crippen LogP contribution < -0.4 is 10.9 Å². The Morgan fingerprint density at radius 2 is 2.10 bits per heavy atom. The van der Waals surface area contributed by atoms with Crippen LogP contribution in [0.5, 0.6) is 0 Å². The van der Waals surface area contributed by atoms with Gasteiger partial charge in [-0.3, -0.25) is 14.2 Å². The Bertz CT molecular complexity index is 1040.